The summed E-state index contributed by atoms with van der Waals surface area (Å²) in [5, 5.41) is 0. The summed E-state index contributed by atoms with van der Waals surface area (Å²) >= 11 is 0. The van der Waals surface area contributed by atoms with Gasteiger partial charge >= 0.3 is 6.09 Å². The van der Waals surface area contributed by atoms with Crippen LogP contribution in [0.4, 0.5) is 20.7 Å². The minimum Gasteiger partial charge on any atom is -0.447 e. The number of ether oxygens (including phenoxy) is 1. The Hall–Kier alpha value is -3.16. The van der Waals surface area contributed by atoms with Crippen LogP contribution in [-0.4, -0.2) is 60.7 Å². The number of rotatable bonds is 4. The van der Waals surface area contributed by atoms with Gasteiger partial charge in [-0.2, -0.15) is 0 Å². The summed E-state index contributed by atoms with van der Waals surface area (Å²) in [4.78, 5) is 34.7. The quantitative estimate of drug-likeness (QED) is 0.748. The highest BCUT2D eigenvalue weighted by Gasteiger charge is 2.35. The number of halogens is 1. The molecule has 0 N–H and O–H groups in total. The van der Waals surface area contributed by atoms with Crippen LogP contribution in [0.15, 0.2) is 30.5 Å². The molecule has 4 rings (SSSR count). The lowest BCUT2D eigenvalue weighted by Gasteiger charge is -2.36. The molecule has 0 spiro atoms. The van der Waals surface area contributed by atoms with Gasteiger partial charge in [-0.1, -0.05) is 13.0 Å². The second kappa shape index (κ2) is 8.53. The fraction of sp³-hybridized carbons (Fsp3) is 0.435. The summed E-state index contributed by atoms with van der Waals surface area (Å²) in [5.74, 6) is 0.132. The zero-order valence-electron chi connectivity index (χ0n) is 18.1. The number of piperazine rings is 1. The van der Waals surface area contributed by atoms with Crippen molar-refractivity contribution in [2.24, 2.45) is 0 Å². The molecule has 1 aromatic heterocycles. The van der Waals surface area contributed by atoms with Gasteiger partial charge in [-0.25, -0.2) is 14.2 Å². The molecular weight excluding hydrogens is 399 g/mol. The third kappa shape index (κ3) is 4.06. The van der Waals surface area contributed by atoms with E-state index >= 15 is 0 Å². The number of hydrogen-bond donors (Lipinski definition) is 0. The Morgan fingerprint density at radius 1 is 1.19 bits per heavy atom. The highest BCUT2D eigenvalue weighted by molar-refractivity contribution is 5.96. The van der Waals surface area contributed by atoms with Crippen LogP contribution < -0.4 is 9.80 Å². The fourth-order valence-corrected chi connectivity index (χ4v) is 4.23. The number of aromatic nitrogens is 1. The molecule has 2 saturated heterocycles. The summed E-state index contributed by atoms with van der Waals surface area (Å²) in [6.07, 6.45) is 1.95. The first-order chi connectivity index (χ1) is 14.9. The smallest absolute Gasteiger partial charge is 0.414 e. The van der Waals surface area contributed by atoms with E-state index in [1.807, 2.05) is 27.0 Å². The van der Waals surface area contributed by atoms with E-state index in [1.54, 1.807) is 11.0 Å². The van der Waals surface area contributed by atoms with Gasteiger partial charge in [-0.05, 0) is 49.6 Å². The number of amides is 2. The molecule has 164 valence electrons. The van der Waals surface area contributed by atoms with Gasteiger partial charge in [0.1, 0.15) is 18.2 Å². The van der Waals surface area contributed by atoms with E-state index in [9.17, 15) is 14.0 Å². The molecular formula is C23H27FN4O3. The van der Waals surface area contributed by atoms with Crippen molar-refractivity contribution < 1.29 is 18.7 Å². The van der Waals surface area contributed by atoms with Crippen LogP contribution in [0.2, 0.25) is 0 Å². The lowest BCUT2D eigenvalue weighted by atomic mass is 10.1. The first-order valence-corrected chi connectivity index (χ1v) is 10.6. The normalized spacial score (nSPS) is 19.0. The number of benzene rings is 1. The number of carbonyl (C=O) groups excluding carboxylic acids is 2. The minimum absolute atomic E-state index is 0.150. The first kappa shape index (κ1) is 21.1. The summed E-state index contributed by atoms with van der Waals surface area (Å²) in [6, 6.07) is 6.19. The molecule has 0 saturated carbocycles. The van der Waals surface area contributed by atoms with Gasteiger partial charge in [-0.3, -0.25) is 9.69 Å². The predicted octanol–water partition coefficient (Wildman–Crippen LogP) is 3.54. The molecule has 2 fully saturated rings. The van der Waals surface area contributed by atoms with Crippen LogP contribution in [0.3, 0.4) is 0 Å². The van der Waals surface area contributed by atoms with Crippen LogP contribution in [0.1, 0.15) is 34.8 Å². The Labute approximate surface area is 181 Å². The maximum atomic E-state index is 14.8. The Bertz CT molecular complexity index is 1000. The number of nitrogens with zero attached hydrogens (tertiary/aromatic N) is 4. The van der Waals surface area contributed by atoms with E-state index in [0.717, 1.165) is 16.9 Å². The SMILES string of the molecule is CCC1COC(=O)N1c1ccc(C(=O)N2CCN(c3ncc(C)cc3C)CC2)cc1F. The summed E-state index contributed by atoms with van der Waals surface area (Å²) < 4.78 is 19.9. The monoisotopic (exact) mass is 426 g/mol. The average molecular weight is 426 g/mol. The largest absolute Gasteiger partial charge is 0.447 e. The lowest BCUT2D eigenvalue weighted by molar-refractivity contribution is 0.0746. The van der Waals surface area contributed by atoms with Crippen LogP contribution in [0.25, 0.3) is 0 Å². The Morgan fingerprint density at radius 2 is 1.94 bits per heavy atom. The van der Waals surface area contributed by atoms with E-state index in [4.69, 9.17) is 4.74 Å². The lowest BCUT2D eigenvalue weighted by Crippen LogP contribution is -2.49. The summed E-state index contributed by atoms with van der Waals surface area (Å²) in [6.45, 7) is 8.62. The number of cyclic esters (lactones) is 1. The number of carbonyl (C=O) groups is 2. The van der Waals surface area contributed by atoms with E-state index in [2.05, 4.69) is 16.0 Å². The van der Waals surface area contributed by atoms with Gasteiger partial charge in [0.2, 0.25) is 0 Å². The first-order valence-electron chi connectivity index (χ1n) is 10.6. The highest BCUT2D eigenvalue weighted by Crippen LogP contribution is 2.28. The molecule has 7 nitrogen and oxygen atoms in total. The molecule has 1 aromatic carbocycles. The van der Waals surface area contributed by atoms with Crippen molar-refractivity contribution in [1.29, 1.82) is 0 Å². The van der Waals surface area contributed by atoms with Crippen molar-refractivity contribution in [2.45, 2.75) is 33.2 Å². The highest BCUT2D eigenvalue weighted by atomic mass is 19.1. The molecule has 0 radical (unpaired) electrons. The zero-order valence-corrected chi connectivity index (χ0v) is 18.1. The topological polar surface area (TPSA) is 66.0 Å². The standard InChI is InChI=1S/C23H27FN4O3/c1-4-18-14-31-23(30)28(18)20-6-5-17(12-19(20)24)22(29)27-9-7-26(8-10-27)21-16(3)11-15(2)13-25-21/h5-6,11-13,18H,4,7-10,14H2,1-3H3. The van der Waals surface area contributed by atoms with Gasteiger partial charge in [0.05, 0.1) is 11.7 Å². The van der Waals surface area contributed by atoms with E-state index < -0.39 is 11.9 Å². The van der Waals surface area contributed by atoms with Crippen molar-refractivity contribution in [1.82, 2.24) is 9.88 Å². The van der Waals surface area contributed by atoms with E-state index in [-0.39, 0.29) is 29.8 Å². The molecule has 8 heteroatoms. The van der Waals surface area contributed by atoms with E-state index in [1.165, 1.54) is 17.0 Å². The van der Waals surface area contributed by atoms with Gasteiger partial charge in [0.25, 0.3) is 5.91 Å². The van der Waals surface area contributed by atoms with Gasteiger partial charge in [-0.15, -0.1) is 0 Å². The summed E-state index contributed by atoms with van der Waals surface area (Å²) in [5.41, 5.74) is 2.66. The molecule has 2 aromatic rings. The molecule has 0 bridgehead atoms. The Morgan fingerprint density at radius 3 is 2.58 bits per heavy atom. The molecule has 1 atom stereocenters. The molecule has 2 aliphatic heterocycles. The molecule has 2 aliphatic rings. The van der Waals surface area contributed by atoms with Crippen LogP contribution in [0, 0.1) is 19.7 Å². The van der Waals surface area contributed by atoms with Crippen LogP contribution >= 0.6 is 0 Å². The molecule has 3 heterocycles. The summed E-state index contributed by atoms with van der Waals surface area (Å²) in [7, 11) is 0. The minimum atomic E-state index is -0.596. The Kier molecular flexibility index (Phi) is 5.80. The maximum absolute atomic E-state index is 14.8. The Balaban J connectivity index is 1.44. The van der Waals surface area contributed by atoms with Gasteiger partial charge < -0.3 is 14.5 Å². The predicted molar refractivity (Wildman–Crippen MR) is 116 cm³/mol. The van der Waals surface area contributed by atoms with Gasteiger partial charge in [0.15, 0.2) is 0 Å². The number of aryl methyl sites for hydroxylation is 2. The molecule has 1 unspecified atom stereocenters. The number of pyridine rings is 1. The van der Waals surface area contributed by atoms with Gasteiger partial charge in [0, 0.05) is 37.9 Å². The molecule has 31 heavy (non-hydrogen) atoms. The van der Waals surface area contributed by atoms with Crippen molar-refractivity contribution in [3.05, 3.63) is 53.0 Å². The molecule has 2 amide bonds. The van der Waals surface area contributed by atoms with Crippen LogP contribution in [0.5, 0.6) is 0 Å². The van der Waals surface area contributed by atoms with Crippen molar-refractivity contribution in [3.8, 4) is 0 Å². The average Bonchev–Trinajstić information content (AvgIpc) is 3.13. The second-order valence-electron chi connectivity index (χ2n) is 8.11. The number of anilines is 2. The third-order valence-electron chi connectivity index (χ3n) is 5.94. The van der Waals surface area contributed by atoms with E-state index in [0.29, 0.717) is 32.6 Å². The zero-order chi connectivity index (χ0) is 22.1. The second-order valence-corrected chi connectivity index (χ2v) is 8.11. The van der Waals surface area contributed by atoms with Crippen molar-refractivity contribution in [2.75, 3.05) is 42.6 Å². The van der Waals surface area contributed by atoms with Crippen molar-refractivity contribution in [3.63, 3.8) is 0 Å². The maximum Gasteiger partial charge on any atom is 0.414 e. The molecule has 0 aliphatic carbocycles. The van der Waals surface area contributed by atoms with Crippen molar-refractivity contribution >= 4 is 23.5 Å². The number of hydrogen-bond acceptors (Lipinski definition) is 5. The fourth-order valence-electron chi connectivity index (χ4n) is 4.23. The van der Waals surface area contributed by atoms with Crippen LogP contribution in [-0.2, 0) is 4.74 Å². The third-order valence-corrected chi connectivity index (χ3v) is 5.94.